The van der Waals surface area contributed by atoms with Crippen LogP contribution in [0, 0.1) is 16.0 Å². The Morgan fingerprint density at radius 1 is 1.48 bits per heavy atom. The topological polar surface area (TPSA) is 128 Å². The lowest BCUT2D eigenvalue weighted by Gasteiger charge is -2.34. The predicted molar refractivity (Wildman–Crippen MR) is 94.0 cm³/mol. The van der Waals surface area contributed by atoms with Crippen molar-refractivity contribution in [2.45, 2.75) is 24.8 Å². The molecule has 2 rings (SSSR count). The molecule has 1 aromatic carbocycles. The molecule has 3 N–H and O–H groups in total. The van der Waals surface area contributed by atoms with E-state index in [1.165, 1.54) is 12.1 Å². The van der Waals surface area contributed by atoms with E-state index in [2.05, 4.69) is 24.1 Å². The average Bonchev–Trinajstić information content (AvgIpc) is 2.51. The van der Waals surface area contributed by atoms with Crippen molar-refractivity contribution < 1.29 is 18.1 Å². The van der Waals surface area contributed by atoms with Gasteiger partial charge in [-0.1, -0.05) is 13.8 Å². The lowest BCUT2D eigenvalue weighted by molar-refractivity contribution is -0.384. The summed E-state index contributed by atoms with van der Waals surface area (Å²) in [6, 6.07) is 3.56. The zero-order valence-electron chi connectivity index (χ0n) is 14.3. The van der Waals surface area contributed by atoms with E-state index in [9.17, 15) is 18.5 Å². The smallest absolute Gasteiger partial charge is 0.293 e. The van der Waals surface area contributed by atoms with Crippen LogP contribution < -0.4 is 10.5 Å². The first-order valence-electron chi connectivity index (χ1n) is 8.06. The van der Waals surface area contributed by atoms with Gasteiger partial charge in [0.05, 0.1) is 22.5 Å². The normalized spacial score (nSPS) is 19.1. The second kappa shape index (κ2) is 8.09. The van der Waals surface area contributed by atoms with Crippen LogP contribution in [0.25, 0.3) is 0 Å². The van der Waals surface area contributed by atoms with Gasteiger partial charge in [-0.05, 0) is 18.1 Å². The molecule has 1 aromatic rings. The van der Waals surface area contributed by atoms with Crippen LogP contribution in [0.2, 0.25) is 0 Å². The summed E-state index contributed by atoms with van der Waals surface area (Å²) in [7, 11) is -3.99. The van der Waals surface area contributed by atoms with Gasteiger partial charge in [0.1, 0.15) is 5.69 Å². The number of rotatable bonds is 7. The first kappa shape index (κ1) is 19.6. The van der Waals surface area contributed by atoms with Crippen molar-refractivity contribution in [3.63, 3.8) is 0 Å². The third kappa shape index (κ3) is 5.63. The molecule has 0 amide bonds. The number of nitrogens with two attached hydrogens (primary N) is 1. The molecular formula is C15H24N4O5S. The van der Waals surface area contributed by atoms with Gasteiger partial charge in [0.25, 0.3) is 5.69 Å². The van der Waals surface area contributed by atoms with Gasteiger partial charge in [-0.25, -0.2) is 13.6 Å². The second-order valence-corrected chi connectivity index (χ2v) is 8.07. The molecule has 25 heavy (non-hydrogen) atoms. The number of morpholine rings is 1. The number of ether oxygens (including phenoxy) is 1. The number of nitrogens with zero attached hydrogens (tertiary/aromatic N) is 2. The Balaban J connectivity index is 2.06. The van der Waals surface area contributed by atoms with Crippen molar-refractivity contribution in [1.82, 2.24) is 4.90 Å². The number of hydrogen-bond acceptors (Lipinski definition) is 7. The third-order valence-electron chi connectivity index (χ3n) is 3.86. The van der Waals surface area contributed by atoms with Crippen LogP contribution >= 0.6 is 0 Å². The highest BCUT2D eigenvalue weighted by Crippen LogP contribution is 2.27. The SMILES string of the molecule is CC(C)CN1CCO[C@H](CNc2ccc(S(N)(=O)=O)cc2[N+](=O)[O-])C1. The third-order valence-corrected chi connectivity index (χ3v) is 4.77. The first-order valence-corrected chi connectivity index (χ1v) is 9.60. The fourth-order valence-electron chi connectivity index (χ4n) is 2.80. The Morgan fingerprint density at radius 3 is 2.80 bits per heavy atom. The van der Waals surface area contributed by atoms with Crippen LogP contribution in [-0.4, -0.2) is 57.1 Å². The number of hydrogen-bond donors (Lipinski definition) is 2. The average molecular weight is 372 g/mol. The van der Waals surface area contributed by atoms with Gasteiger partial charge in [0, 0.05) is 32.2 Å². The molecule has 1 aliphatic rings. The molecule has 0 aliphatic carbocycles. The molecule has 0 saturated carbocycles. The maximum Gasteiger partial charge on any atom is 0.293 e. The van der Waals surface area contributed by atoms with Gasteiger partial charge in [-0.2, -0.15) is 0 Å². The number of benzene rings is 1. The van der Waals surface area contributed by atoms with Gasteiger partial charge in [-0.15, -0.1) is 0 Å². The minimum absolute atomic E-state index is 0.0926. The minimum atomic E-state index is -3.99. The van der Waals surface area contributed by atoms with Crippen LogP contribution in [0.4, 0.5) is 11.4 Å². The van der Waals surface area contributed by atoms with Crippen molar-refractivity contribution in [3.8, 4) is 0 Å². The van der Waals surface area contributed by atoms with E-state index in [-0.39, 0.29) is 22.4 Å². The second-order valence-electron chi connectivity index (χ2n) is 6.51. The van der Waals surface area contributed by atoms with Gasteiger partial charge in [0.2, 0.25) is 10.0 Å². The molecule has 1 saturated heterocycles. The van der Waals surface area contributed by atoms with Crippen molar-refractivity contribution >= 4 is 21.4 Å². The summed E-state index contributed by atoms with van der Waals surface area (Å²) in [5, 5.41) is 19.2. The molecule has 9 nitrogen and oxygen atoms in total. The van der Waals surface area contributed by atoms with Crippen LogP contribution in [-0.2, 0) is 14.8 Å². The molecule has 1 heterocycles. The van der Waals surface area contributed by atoms with E-state index in [4.69, 9.17) is 9.88 Å². The molecule has 0 bridgehead atoms. The van der Waals surface area contributed by atoms with Crippen molar-refractivity contribution in [1.29, 1.82) is 0 Å². The Hall–Kier alpha value is -1.75. The monoisotopic (exact) mass is 372 g/mol. The maximum absolute atomic E-state index is 11.4. The molecule has 1 atom stereocenters. The van der Waals surface area contributed by atoms with E-state index in [1.54, 1.807) is 0 Å². The van der Waals surface area contributed by atoms with Crippen LogP contribution in [0.3, 0.4) is 0 Å². The van der Waals surface area contributed by atoms with Crippen molar-refractivity contribution in [2.75, 3.05) is 38.1 Å². The number of nitrogens with one attached hydrogen (secondary N) is 1. The molecule has 1 fully saturated rings. The Labute approximate surface area is 147 Å². The number of sulfonamides is 1. The molecule has 140 valence electrons. The highest BCUT2D eigenvalue weighted by atomic mass is 32.2. The molecule has 0 radical (unpaired) electrons. The largest absolute Gasteiger partial charge is 0.377 e. The fraction of sp³-hybridized carbons (Fsp3) is 0.600. The lowest BCUT2D eigenvalue weighted by Crippen LogP contribution is -2.46. The molecule has 0 spiro atoms. The molecule has 10 heteroatoms. The minimum Gasteiger partial charge on any atom is -0.377 e. The lowest BCUT2D eigenvalue weighted by atomic mass is 10.1. The van der Waals surface area contributed by atoms with Crippen LogP contribution in [0.15, 0.2) is 23.1 Å². The van der Waals surface area contributed by atoms with E-state index >= 15 is 0 Å². The van der Waals surface area contributed by atoms with Crippen LogP contribution in [0.5, 0.6) is 0 Å². The van der Waals surface area contributed by atoms with Gasteiger partial charge >= 0.3 is 0 Å². The summed E-state index contributed by atoms with van der Waals surface area (Å²) in [5.41, 5.74) is -0.0941. The number of anilines is 1. The highest BCUT2D eigenvalue weighted by molar-refractivity contribution is 7.89. The van der Waals surface area contributed by atoms with Gasteiger partial charge in [-0.3, -0.25) is 15.0 Å². The quantitative estimate of drug-likeness (QED) is 0.540. The number of nitro groups is 1. The van der Waals surface area contributed by atoms with Gasteiger partial charge < -0.3 is 10.1 Å². The van der Waals surface area contributed by atoms with Crippen LogP contribution in [0.1, 0.15) is 13.8 Å². The number of primary sulfonamides is 1. The zero-order chi connectivity index (χ0) is 18.6. The summed E-state index contributed by atoms with van der Waals surface area (Å²) < 4.78 is 28.4. The maximum atomic E-state index is 11.4. The summed E-state index contributed by atoms with van der Waals surface area (Å²) >= 11 is 0. The van der Waals surface area contributed by atoms with E-state index in [0.717, 1.165) is 25.7 Å². The summed E-state index contributed by atoms with van der Waals surface area (Å²) in [6.07, 6.45) is -0.0926. The van der Waals surface area contributed by atoms with Crippen molar-refractivity contribution in [3.05, 3.63) is 28.3 Å². The zero-order valence-corrected chi connectivity index (χ0v) is 15.2. The summed E-state index contributed by atoms with van der Waals surface area (Å²) in [6.45, 7) is 7.91. The van der Waals surface area contributed by atoms with E-state index < -0.39 is 14.9 Å². The highest BCUT2D eigenvalue weighted by Gasteiger charge is 2.23. The number of nitro benzene ring substituents is 1. The fourth-order valence-corrected chi connectivity index (χ4v) is 3.33. The molecule has 0 aromatic heterocycles. The molecule has 1 aliphatic heterocycles. The standard InChI is InChI=1S/C15H24N4O5S/c1-11(2)9-18-5-6-24-12(10-18)8-17-14-4-3-13(25(16,22)23)7-15(14)19(20)21/h3-4,7,11-12,17H,5-6,8-10H2,1-2H3,(H2,16,22,23)/t12-/m1/s1. The summed E-state index contributed by atoms with van der Waals surface area (Å²) in [4.78, 5) is 12.6. The van der Waals surface area contributed by atoms with Gasteiger partial charge in [0.15, 0.2) is 0 Å². The first-order chi connectivity index (χ1) is 11.7. The van der Waals surface area contributed by atoms with Crippen molar-refractivity contribution in [2.24, 2.45) is 11.1 Å². The Bertz CT molecular complexity index is 723. The Kier molecular flexibility index (Phi) is 6.33. The predicted octanol–water partition coefficient (Wildman–Crippen LogP) is 1.01. The molecular weight excluding hydrogens is 348 g/mol. The molecule has 0 unspecified atom stereocenters. The van der Waals surface area contributed by atoms with E-state index in [0.29, 0.717) is 19.1 Å². The Morgan fingerprint density at radius 2 is 2.20 bits per heavy atom. The summed E-state index contributed by atoms with van der Waals surface area (Å²) in [5.74, 6) is 0.554. The van der Waals surface area contributed by atoms with E-state index in [1.807, 2.05) is 0 Å².